The molecule has 4 heterocycles. The Labute approximate surface area is 673 Å². The standard InChI is InChI=1S/C57H41N3O.C27H15Cl2N3O.C15H15BO2.2CH4/c1-56(2)44-27-13-11-22-39(44)49-37(24-15-29-46(49)56)36-32-42(38-25-16-30-47-50(38)40-23-12-14-28-45(40)57(47,3)4)52-43(33-36)51-41(26-17-31-48(51)61-52)55-59-53(34-18-7-5-8-19-34)58-54(60-55)35-20-9-6-10-21-35;28-18-14-20-23-19(12-7-13-22(23)33-24(20)21(29)15-18)27-31-25(16-8-3-1-4-9-16)30-26(32-27)17-10-5-2-6-11-17;1-15(2)11-7-4-3-6-10(11)14-12(15)8-5-9-13(14)16(17)18;;/h5-33H,1-4H3;1-15H;3-9,17-18H,1-2H3;2*1H4. The first kappa shape index (κ1) is 74.0. The number of hydrogen-bond acceptors (Lipinski definition) is 10. The second kappa shape index (κ2) is 29.1. The molecule has 10 nitrogen and oxygen atoms in total. The lowest BCUT2D eigenvalue weighted by Crippen LogP contribution is -2.32. The summed E-state index contributed by atoms with van der Waals surface area (Å²) in [6.45, 7) is 13.7. The third-order valence-electron chi connectivity index (χ3n) is 22.7. The minimum Gasteiger partial charge on any atom is -0.455 e. The van der Waals surface area contributed by atoms with Crippen LogP contribution in [0.4, 0.5) is 0 Å². The Morgan fingerprint density at radius 2 is 0.605 bits per heavy atom. The van der Waals surface area contributed by atoms with Crippen LogP contribution in [0.2, 0.25) is 10.0 Å². The molecule has 114 heavy (non-hydrogen) atoms. The smallest absolute Gasteiger partial charge is 0.455 e. The highest BCUT2D eigenvalue weighted by molar-refractivity contribution is 6.60. The van der Waals surface area contributed by atoms with Crippen LogP contribution in [0.5, 0.6) is 0 Å². The molecule has 0 bridgehead atoms. The van der Waals surface area contributed by atoms with Crippen LogP contribution >= 0.6 is 23.2 Å². The largest absolute Gasteiger partial charge is 0.489 e. The van der Waals surface area contributed by atoms with Gasteiger partial charge in [-0.3, -0.25) is 0 Å². The van der Waals surface area contributed by atoms with Crippen LogP contribution < -0.4 is 5.46 Å². The van der Waals surface area contributed by atoms with Gasteiger partial charge in [-0.1, -0.05) is 353 Å². The number of rotatable bonds is 9. The summed E-state index contributed by atoms with van der Waals surface area (Å²) in [4.78, 5) is 29.9. The van der Waals surface area contributed by atoms with Crippen LogP contribution in [0.25, 0.3) is 168 Å². The molecule has 21 rings (SSSR count). The Balaban J connectivity index is 0.000000147. The minimum atomic E-state index is -1.43. The highest BCUT2D eigenvalue weighted by atomic mass is 35.5. The van der Waals surface area contributed by atoms with E-state index in [1.165, 1.54) is 55.6 Å². The number of benzene rings is 14. The second-order valence-electron chi connectivity index (χ2n) is 30.4. The van der Waals surface area contributed by atoms with Crippen molar-refractivity contribution in [2.24, 2.45) is 0 Å². The van der Waals surface area contributed by atoms with Crippen LogP contribution in [-0.4, -0.2) is 47.1 Å². The molecular formula is C101H79BCl2N6O4. The molecule has 13 heteroatoms. The molecule has 14 aromatic carbocycles. The molecule has 3 aliphatic carbocycles. The number of hydrogen-bond donors (Lipinski definition) is 2. The highest BCUT2D eigenvalue weighted by Crippen LogP contribution is 2.57. The quantitative estimate of drug-likeness (QED) is 0.134. The van der Waals surface area contributed by atoms with Crippen LogP contribution in [-0.2, 0) is 16.2 Å². The van der Waals surface area contributed by atoms with Gasteiger partial charge in [0.05, 0.1) is 5.02 Å². The summed E-state index contributed by atoms with van der Waals surface area (Å²) in [5.74, 6) is 3.59. The number of aromatic nitrogens is 6. The monoisotopic (exact) mass is 1520 g/mol. The van der Waals surface area contributed by atoms with E-state index in [9.17, 15) is 10.0 Å². The van der Waals surface area contributed by atoms with Gasteiger partial charge in [0, 0.05) is 81.8 Å². The van der Waals surface area contributed by atoms with Crippen LogP contribution in [0.15, 0.2) is 318 Å². The lowest BCUT2D eigenvalue weighted by atomic mass is 9.74. The fourth-order valence-corrected chi connectivity index (χ4v) is 17.9. The normalized spacial score (nSPS) is 13.2. The van der Waals surface area contributed by atoms with Gasteiger partial charge in [0.2, 0.25) is 0 Å². The van der Waals surface area contributed by atoms with E-state index in [-0.39, 0.29) is 31.1 Å². The lowest BCUT2D eigenvalue weighted by Gasteiger charge is -2.22. The molecule has 0 spiro atoms. The fourth-order valence-electron chi connectivity index (χ4n) is 17.3. The minimum absolute atomic E-state index is 0. The van der Waals surface area contributed by atoms with E-state index in [0.717, 1.165) is 99.5 Å². The van der Waals surface area contributed by atoms with E-state index >= 15 is 0 Å². The number of nitrogens with zero attached hydrogens (tertiary/aromatic N) is 6. The Hall–Kier alpha value is -12.7. The average molecular weight is 1520 g/mol. The maximum Gasteiger partial charge on any atom is 0.489 e. The molecule has 0 radical (unpaired) electrons. The third kappa shape index (κ3) is 12.4. The topological polar surface area (TPSA) is 144 Å². The first-order valence-corrected chi connectivity index (χ1v) is 38.3. The van der Waals surface area contributed by atoms with E-state index in [0.29, 0.717) is 61.6 Å². The van der Waals surface area contributed by atoms with Gasteiger partial charge in [-0.05, 0) is 125 Å². The van der Waals surface area contributed by atoms with Gasteiger partial charge in [-0.2, -0.15) is 0 Å². The van der Waals surface area contributed by atoms with Crippen molar-refractivity contribution in [3.8, 4) is 124 Å². The number of halogens is 2. The molecule has 554 valence electrons. The van der Waals surface area contributed by atoms with E-state index in [1.54, 1.807) is 12.1 Å². The predicted octanol–water partition coefficient (Wildman–Crippen LogP) is 25.7. The molecule has 0 amide bonds. The molecule has 3 aliphatic rings. The van der Waals surface area contributed by atoms with E-state index in [2.05, 4.69) is 199 Å². The van der Waals surface area contributed by atoms with Crippen molar-refractivity contribution in [2.45, 2.75) is 72.6 Å². The fraction of sp³-hybridized carbons (Fsp3) is 0.109. The second-order valence-corrected chi connectivity index (χ2v) is 31.3. The summed E-state index contributed by atoms with van der Waals surface area (Å²) in [5.41, 5.74) is 28.1. The number of fused-ring (bicyclic) bond motifs is 15. The molecule has 2 N–H and O–H groups in total. The van der Waals surface area contributed by atoms with Gasteiger partial charge < -0.3 is 18.9 Å². The number of furan rings is 2. The van der Waals surface area contributed by atoms with Gasteiger partial charge in [0.1, 0.15) is 16.7 Å². The van der Waals surface area contributed by atoms with Crippen molar-refractivity contribution in [2.75, 3.05) is 0 Å². The van der Waals surface area contributed by atoms with Crippen molar-refractivity contribution in [1.29, 1.82) is 0 Å². The SMILES string of the molecule is C.C.CC1(C)c2ccccc2-c2c(-c3cc(-c4cccc5c4-c4ccccc4C5(C)C)c4oc5cccc(-c6nc(-c7ccccc7)nc(-c7ccccc7)n6)c5c4c3)cccc21.CC1(C)c2ccccc2-c2c(B(O)O)cccc21.Clc1cc(Cl)c2oc3cccc(-c4nc(-c5ccccc5)nc(-c5ccccc5)n4)c3c2c1. The zero-order valence-corrected chi connectivity index (χ0v) is 63.7. The van der Waals surface area contributed by atoms with Crippen molar-refractivity contribution in [3.63, 3.8) is 0 Å². The van der Waals surface area contributed by atoms with Crippen LogP contribution in [0, 0.1) is 0 Å². The molecule has 0 fully saturated rings. The van der Waals surface area contributed by atoms with Crippen molar-refractivity contribution < 1.29 is 18.9 Å². The summed E-state index contributed by atoms with van der Waals surface area (Å²) in [5, 5.41) is 23.8. The zero-order chi connectivity index (χ0) is 76.3. The Bertz CT molecular complexity index is 6690. The average Bonchev–Trinajstić information content (AvgIpc) is 1.54. The van der Waals surface area contributed by atoms with E-state index in [4.69, 9.17) is 61.9 Å². The van der Waals surface area contributed by atoms with Crippen molar-refractivity contribution >= 4 is 79.7 Å². The van der Waals surface area contributed by atoms with E-state index in [1.807, 2.05) is 140 Å². The highest BCUT2D eigenvalue weighted by Gasteiger charge is 2.41. The zero-order valence-electron chi connectivity index (χ0n) is 62.2. The van der Waals surface area contributed by atoms with Crippen molar-refractivity contribution in [1.82, 2.24) is 29.9 Å². The molecule has 0 atom stereocenters. The van der Waals surface area contributed by atoms with Crippen LogP contribution in [0.3, 0.4) is 0 Å². The van der Waals surface area contributed by atoms with Crippen LogP contribution in [0.1, 0.15) is 89.8 Å². The molecule has 18 aromatic rings. The molecular weight excluding hydrogens is 1440 g/mol. The van der Waals surface area contributed by atoms with Gasteiger partial charge in [-0.25, -0.2) is 29.9 Å². The Morgan fingerprint density at radius 1 is 0.281 bits per heavy atom. The van der Waals surface area contributed by atoms with Gasteiger partial charge in [-0.15, -0.1) is 0 Å². The summed E-state index contributed by atoms with van der Waals surface area (Å²) in [6.07, 6.45) is 0. The first-order valence-electron chi connectivity index (χ1n) is 37.6. The van der Waals surface area contributed by atoms with Crippen molar-refractivity contribution in [3.05, 3.63) is 353 Å². The summed E-state index contributed by atoms with van der Waals surface area (Å²) >= 11 is 12.7. The van der Waals surface area contributed by atoms with E-state index < -0.39 is 7.12 Å². The maximum atomic E-state index is 9.54. The summed E-state index contributed by atoms with van der Waals surface area (Å²) in [6, 6.07) is 106. The van der Waals surface area contributed by atoms with Gasteiger partial charge in [0.25, 0.3) is 0 Å². The van der Waals surface area contributed by atoms with Gasteiger partial charge in [0.15, 0.2) is 40.5 Å². The first-order chi connectivity index (χ1) is 54.5. The molecule has 0 saturated carbocycles. The maximum absolute atomic E-state index is 9.54. The van der Waals surface area contributed by atoms with Gasteiger partial charge >= 0.3 is 7.12 Å². The Morgan fingerprint density at radius 3 is 1.04 bits per heavy atom. The summed E-state index contributed by atoms with van der Waals surface area (Å²) < 4.78 is 13.2. The molecule has 0 aliphatic heterocycles. The molecule has 0 saturated heterocycles. The predicted molar refractivity (Wildman–Crippen MR) is 470 cm³/mol. The molecule has 4 aromatic heterocycles. The summed E-state index contributed by atoms with van der Waals surface area (Å²) in [7, 11) is -1.43. The molecule has 0 unspecified atom stereocenters. The third-order valence-corrected chi connectivity index (χ3v) is 23.2. The Kier molecular flexibility index (Phi) is 18.9. The lowest BCUT2D eigenvalue weighted by molar-refractivity contribution is 0.426.